The molecule has 8 nitrogen and oxygen atoms in total. The van der Waals surface area contributed by atoms with Gasteiger partial charge in [-0.15, -0.1) is 0 Å². The maximum absolute atomic E-state index is 15.6. The molecular formula is C24H23ClF4N4O4. The first-order valence-electron chi connectivity index (χ1n) is 11.2. The van der Waals surface area contributed by atoms with Crippen LogP contribution >= 0.6 is 11.6 Å². The maximum atomic E-state index is 15.6. The van der Waals surface area contributed by atoms with Crippen molar-refractivity contribution in [2.45, 2.75) is 45.5 Å². The van der Waals surface area contributed by atoms with Crippen LogP contribution < -0.4 is 14.8 Å². The summed E-state index contributed by atoms with van der Waals surface area (Å²) in [6, 6.07) is 5.06. The average Bonchev–Trinajstić information content (AvgIpc) is 3.28. The molecule has 3 aromatic rings. The van der Waals surface area contributed by atoms with E-state index < -0.39 is 46.8 Å². The lowest BCUT2D eigenvalue weighted by Gasteiger charge is -2.24. The second-order valence-electron chi connectivity index (χ2n) is 9.19. The van der Waals surface area contributed by atoms with E-state index in [0.29, 0.717) is 13.0 Å². The molecule has 1 fully saturated rings. The predicted molar refractivity (Wildman–Crippen MR) is 128 cm³/mol. The Bertz CT molecular complexity index is 1320. The summed E-state index contributed by atoms with van der Waals surface area (Å²) in [5.41, 5.74) is -0.696. The molecule has 0 unspecified atom stereocenters. The van der Waals surface area contributed by atoms with Gasteiger partial charge in [0.2, 0.25) is 0 Å². The minimum atomic E-state index is -3.19. The molecule has 2 aromatic carbocycles. The van der Waals surface area contributed by atoms with Crippen LogP contribution in [0.4, 0.5) is 33.9 Å². The lowest BCUT2D eigenvalue weighted by molar-refractivity contribution is -0.0499. The minimum Gasteiger partial charge on any atom is -0.485 e. The SMILES string of the molecule is CC(C)(C)OC(=O)N1CC[C@H](Oc2ccc3ncnc(Nc4ccc(OC(F)F)c(Cl)c4F)c3c2F)C1. The second kappa shape index (κ2) is 10.4. The van der Waals surface area contributed by atoms with E-state index in [1.165, 1.54) is 17.0 Å². The summed E-state index contributed by atoms with van der Waals surface area (Å²) in [5, 5.41) is 1.85. The molecule has 0 aliphatic carbocycles. The number of amides is 1. The van der Waals surface area contributed by atoms with Gasteiger partial charge in [-0.25, -0.2) is 23.5 Å². The van der Waals surface area contributed by atoms with Gasteiger partial charge < -0.3 is 24.4 Å². The Morgan fingerprint density at radius 3 is 2.57 bits per heavy atom. The first-order valence-corrected chi connectivity index (χ1v) is 11.6. The van der Waals surface area contributed by atoms with Gasteiger partial charge in [0, 0.05) is 13.0 Å². The molecule has 2 heterocycles. The summed E-state index contributed by atoms with van der Waals surface area (Å²) in [6.45, 7) is 2.69. The molecule has 1 N–H and O–H groups in total. The van der Waals surface area contributed by atoms with E-state index in [1.54, 1.807) is 20.8 Å². The normalized spacial score (nSPS) is 15.8. The fourth-order valence-electron chi connectivity index (χ4n) is 3.72. The number of hydrogen-bond donors (Lipinski definition) is 1. The number of fused-ring (bicyclic) bond motifs is 1. The van der Waals surface area contributed by atoms with Crippen molar-refractivity contribution in [3.05, 3.63) is 47.2 Å². The first-order chi connectivity index (χ1) is 17.4. The zero-order valence-corrected chi connectivity index (χ0v) is 20.8. The van der Waals surface area contributed by atoms with Crippen LogP contribution in [0, 0.1) is 11.6 Å². The van der Waals surface area contributed by atoms with Crippen LogP contribution in [-0.2, 0) is 4.74 Å². The summed E-state index contributed by atoms with van der Waals surface area (Å²) < 4.78 is 70.7. The number of aromatic nitrogens is 2. The monoisotopic (exact) mass is 542 g/mol. The molecule has 1 amide bonds. The average molecular weight is 543 g/mol. The third-order valence-corrected chi connectivity index (χ3v) is 5.66. The van der Waals surface area contributed by atoms with Crippen LogP contribution in [0.2, 0.25) is 5.02 Å². The van der Waals surface area contributed by atoms with Gasteiger partial charge in [-0.3, -0.25) is 0 Å². The van der Waals surface area contributed by atoms with Crippen LogP contribution in [0.25, 0.3) is 10.9 Å². The highest BCUT2D eigenvalue weighted by molar-refractivity contribution is 6.32. The van der Waals surface area contributed by atoms with E-state index in [9.17, 15) is 18.0 Å². The molecule has 198 valence electrons. The molecule has 4 rings (SSSR count). The molecule has 0 radical (unpaired) electrons. The van der Waals surface area contributed by atoms with Crippen LogP contribution in [-0.4, -0.2) is 52.4 Å². The van der Waals surface area contributed by atoms with Gasteiger partial charge in [0.05, 0.1) is 23.1 Å². The number of rotatable bonds is 6. The second-order valence-corrected chi connectivity index (χ2v) is 9.57. The zero-order valence-electron chi connectivity index (χ0n) is 20.0. The topological polar surface area (TPSA) is 85.8 Å². The molecule has 1 aliphatic heterocycles. The predicted octanol–water partition coefficient (Wildman–Crippen LogP) is 6.29. The number of alkyl halides is 2. The molecule has 1 aromatic heterocycles. The van der Waals surface area contributed by atoms with Crippen molar-refractivity contribution < 1.29 is 36.6 Å². The Morgan fingerprint density at radius 1 is 1.14 bits per heavy atom. The Balaban J connectivity index is 1.56. The molecule has 13 heteroatoms. The molecule has 1 aliphatic rings. The highest BCUT2D eigenvalue weighted by atomic mass is 35.5. The number of carbonyl (C=O) groups excluding carboxylic acids is 1. The molecular weight excluding hydrogens is 520 g/mol. The third kappa shape index (κ3) is 6.07. The van der Waals surface area contributed by atoms with Crippen molar-refractivity contribution >= 4 is 40.1 Å². The van der Waals surface area contributed by atoms with E-state index in [4.69, 9.17) is 21.1 Å². The van der Waals surface area contributed by atoms with Gasteiger partial charge >= 0.3 is 12.7 Å². The van der Waals surface area contributed by atoms with Gasteiger partial charge in [-0.05, 0) is 45.0 Å². The standard InChI is InChI=1S/C24H23ClF4N4O4/c1-24(2,3)37-23(34)33-9-8-12(10-33)35-16-7-4-13-17(20(16)27)21(31-11-30-13)32-14-5-6-15(36-22(28)29)18(25)19(14)26/h4-7,11-12,22H,8-10H2,1-3H3,(H,30,31,32)/t12-/m0/s1. The summed E-state index contributed by atoms with van der Waals surface area (Å²) >= 11 is 5.81. The van der Waals surface area contributed by atoms with Gasteiger partial charge in [0.25, 0.3) is 0 Å². The van der Waals surface area contributed by atoms with Crippen LogP contribution in [0.5, 0.6) is 11.5 Å². The van der Waals surface area contributed by atoms with E-state index >= 15 is 4.39 Å². The Hall–Kier alpha value is -3.54. The van der Waals surface area contributed by atoms with Crippen LogP contribution in [0.3, 0.4) is 0 Å². The van der Waals surface area contributed by atoms with E-state index in [2.05, 4.69) is 20.0 Å². The van der Waals surface area contributed by atoms with Crippen LogP contribution in [0.15, 0.2) is 30.6 Å². The number of hydrogen-bond acceptors (Lipinski definition) is 7. The summed E-state index contributed by atoms with van der Waals surface area (Å²) in [6.07, 6.45) is 0.639. The number of nitrogens with one attached hydrogen (secondary N) is 1. The quantitative estimate of drug-likeness (QED) is 0.366. The minimum absolute atomic E-state index is 0.0922. The summed E-state index contributed by atoms with van der Waals surface area (Å²) in [5.74, 6) is -2.66. The Labute approximate surface area is 214 Å². The van der Waals surface area contributed by atoms with E-state index in [-0.39, 0.29) is 34.7 Å². The smallest absolute Gasteiger partial charge is 0.410 e. The number of nitrogens with zero attached hydrogens (tertiary/aromatic N) is 3. The molecule has 1 saturated heterocycles. The maximum Gasteiger partial charge on any atom is 0.410 e. The molecule has 0 saturated carbocycles. The number of ether oxygens (including phenoxy) is 3. The van der Waals surface area contributed by atoms with Crippen molar-refractivity contribution in [2.24, 2.45) is 0 Å². The Kier molecular flexibility index (Phi) is 7.49. The van der Waals surface area contributed by atoms with Crippen molar-refractivity contribution in [3.8, 4) is 11.5 Å². The highest BCUT2D eigenvalue weighted by Gasteiger charge is 2.31. The molecule has 0 spiro atoms. The van der Waals surface area contributed by atoms with Crippen molar-refractivity contribution in [3.63, 3.8) is 0 Å². The third-order valence-electron chi connectivity index (χ3n) is 5.31. The summed E-state index contributed by atoms with van der Waals surface area (Å²) in [7, 11) is 0. The number of anilines is 2. The number of likely N-dealkylation sites (tertiary alicyclic amines) is 1. The summed E-state index contributed by atoms with van der Waals surface area (Å²) in [4.78, 5) is 21.8. The van der Waals surface area contributed by atoms with Crippen molar-refractivity contribution in [2.75, 3.05) is 18.4 Å². The van der Waals surface area contributed by atoms with Gasteiger partial charge in [-0.2, -0.15) is 8.78 Å². The fraction of sp³-hybridized carbons (Fsp3) is 0.375. The van der Waals surface area contributed by atoms with Gasteiger partial charge in [0.15, 0.2) is 17.4 Å². The zero-order chi connectivity index (χ0) is 26.9. The van der Waals surface area contributed by atoms with Gasteiger partial charge in [-0.1, -0.05) is 11.6 Å². The van der Waals surface area contributed by atoms with Crippen molar-refractivity contribution in [1.29, 1.82) is 0 Å². The number of carbonyl (C=O) groups is 1. The van der Waals surface area contributed by atoms with Gasteiger partial charge in [0.1, 0.15) is 34.6 Å². The number of halogens is 5. The lowest BCUT2D eigenvalue weighted by atomic mass is 10.2. The number of benzene rings is 2. The molecule has 0 bridgehead atoms. The molecule has 1 atom stereocenters. The highest BCUT2D eigenvalue weighted by Crippen LogP contribution is 2.37. The lowest BCUT2D eigenvalue weighted by Crippen LogP contribution is -2.36. The first kappa shape index (κ1) is 26.5. The molecule has 37 heavy (non-hydrogen) atoms. The largest absolute Gasteiger partial charge is 0.485 e. The van der Waals surface area contributed by atoms with E-state index in [0.717, 1.165) is 18.5 Å². The Morgan fingerprint density at radius 2 is 1.86 bits per heavy atom. The van der Waals surface area contributed by atoms with Crippen LogP contribution in [0.1, 0.15) is 27.2 Å². The van der Waals surface area contributed by atoms with Crippen molar-refractivity contribution in [1.82, 2.24) is 14.9 Å². The fourth-order valence-corrected chi connectivity index (χ4v) is 3.93. The van der Waals surface area contributed by atoms with E-state index in [1.807, 2.05) is 0 Å².